The van der Waals surface area contributed by atoms with Gasteiger partial charge in [0.1, 0.15) is 5.75 Å². The molecule has 40 heavy (non-hydrogen) atoms. The van der Waals surface area contributed by atoms with Gasteiger partial charge in [-0.3, -0.25) is 9.36 Å². The molecule has 0 aliphatic carbocycles. The number of carbonyl (C=O) groups excluding carboxylic acids is 1. The zero-order valence-electron chi connectivity index (χ0n) is 22.2. The molecule has 0 unspecified atom stereocenters. The lowest BCUT2D eigenvalue weighted by atomic mass is 10.2. The molecule has 4 aromatic rings. The van der Waals surface area contributed by atoms with E-state index in [1.807, 2.05) is 66.1 Å². The van der Waals surface area contributed by atoms with E-state index in [4.69, 9.17) is 9.47 Å². The highest BCUT2D eigenvalue weighted by atomic mass is 79.9. The predicted octanol–water partition coefficient (Wildman–Crippen LogP) is 5.39. The number of hydrazone groups is 1. The smallest absolute Gasteiger partial charge is 0.253 e. The highest BCUT2D eigenvalue weighted by molar-refractivity contribution is 9.10. The largest absolute Gasteiger partial charge is 0.504 e. The Morgan fingerprint density at radius 3 is 2.62 bits per heavy atom. The molecule has 0 aliphatic heterocycles. The SMILES string of the molecule is CCOc1ccc(NCc2nnc(S[C@@H](C)C(=O)N/N=C\c3cc(Br)cc(OC)c3O)n2-c2ccccc2)cc1. The summed E-state index contributed by atoms with van der Waals surface area (Å²) < 4.78 is 13.3. The maximum Gasteiger partial charge on any atom is 0.253 e. The molecule has 1 heterocycles. The first-order valence-corrected chi connectivity index (χ1v) is 14.1. The van der Waals surface area contributed by atoms with Gasteiger partial charge in [0.15, 0.2) is 22.5 Å². The number of amides is 1. The van der Waals surface area contributed by atoms with Crippen molar-refractivity contribution in [3.05, 3.63) is 82.6 Å². The third-order valence-electron chi connectivity index (χ3n) is 5.65. The molecule has 0 saturated heterocycles. The fraction of sp³-hybridized carbons (Fsp3) is 0.214. The second-order valence-corrected chi connectivity index (χ2v) is 10.6. The zero-order chi connectivity index (χ0) is 28.5. The Morgan fingerprint density at radius 1 is 1.18 bits per heavy atom. The first-order valence-electron chi connectivity index (χ1n) is 12.4. The number of nitrogens with zero attached hydrogens (tertiary/aromatic N) is 4. The van der Waals surface area contributed by atoms with Gasteiger partial charge in [-0.15, -0.1) is 10.2 Å². The van der Waals surface area contributed by atoms with Crippen LogP contribution in [-0.2, 0) is 11.3 Å². The molecule has 0 radical (unpaired) electrons. The number of hydrogen-bond donors (Lipinski definition) is 3. The van der Waals surface area contributed by atoms with Crippen molar-refractivity contribution in [3.63, 3.8) is 0 Å². The quantitative estimate of drug-likeness (QED) is 0.109. The van der Waals surface area contributed by atoms with E-state index in [1.165, 1.54) is 25.1 Å². The van der Waals surface area contributed by atoms with E-state index < -0.39 is 5.25 Å². The van der Waals surface area contributed by atoms with Gasteiger partial charge < -0.3 is 19.9 Å². The number of aromatic hydroxyl groups is 1. The summed E-state index contributed by atoms with van der Waals surface area (Å²) in [6, 6.07) is 20.7. The molecule has 12 heteroatoms. The third-order valence-corrected chi connectivity index (χ3v) is 7.15. The normalized spacial score (nSPS) is 11.8. The molecule has 0 fully saturated rings. The van der Waals surface area contributed by atoms with Crippen LogP contribution in [0.1, 0.15) is 25.2 Å². The number of benzene rings is 3. The van der Waals surface area contributed by atoms with Crippen molar-refractivity contribution >= 4 is 45.5 Å². The van der Waals surface area contributed by atoms with Crippen LogP contribution in [0.3, 0.4) is 0 Å². The van der Waals surface area contributed by atoms with E-state index in [0.29, 0.717) is 39.9 Å². The molecule has 0 aliphatic rings. The van der Waals surface area contributed by atoms with Gasteiger partial charge in [0.05, 0.1) is 31.7 Å². The summed E-state index contributed by atoms with van der Waals surface area (Å²) in [5, 5.41) is 26.5. The van der Waals surface area contributed by atoms with Crippen LogP contribution in [0.2, 0.25) is 0 Å². The van der Waals surface area contributed by atoms with Gasteiger partial charge in [0, 0.05) is 21.4 Å². The van der Waals surface area contributed by atoms with Gasteiger partial charge in [-0.25, -0.2) is 5.43 Å². The lowest BCUT2D eigenvalue weighted by Crippen LogP contribution is -2.27. The monoisotopic (exact) mass is 624 g/mol. The maximum absolute atomic E-state index is 12.8. The van der Waals surface area contributed by atoms with Crippen LogP contribution in [0.4, 0.5) is 5.69 Å². The Bertz CT molecular complexity index is 1460. The van der Waals surface area contributed by atoms with Crippen LogP contribution in [-0.4, -0.2) is 51.0 Å². The number of para-hydroxylation sites is 1. The van der Waals surface area contributed by atoms with E-state index in [9.17, 15) is 9.90 Å². The molecule has 208 valence electrons. The molecule has 0 spiro atoms. The van der Waals surface area contributed by atoms with Crippen LogP contribution >= 0.6 is 27.7 Å². The van der Waals surface area contributed by atoms with Gasteiger partial charge in [-0.2, -0.15) is 5.10 Å². The Hall–Kier alpha value is -4.03. The van der Waals surface area contributed by atoms with Crippen molar-refractivity contribution in [2.75, 3.05) is 19.0 Å². The summed E-state index contributed by atoms with van der Waals surface area (Å²) >= 11 is 4.62. The van der Waals surface area contributed by atoms with Gasteiger partial charge >= 0.3 is 0 Å². The van der Waals surface area contributed by atoms with Crippen LogP contribution in [0.15, 0.2) is 81.5 Å². The minimum atomic E-state index is -0.540. The van der Waals surface area contributed by atoms with E-state index in [-0.39, 0.29) is 11.7 Å². The molecule has 0 saturated carbocycles. The Morgan fingerprint density at radius 2 is 1.93 bits per heavy atom. The second-order valence-electron chi connectivity index (χ2n) is 8.42. The number of ether oxygens (including phenoxy) is 2. The number of phenolic OH excluding ortho intramolecular Hbond substituents is 1. The minimum Gasteiger partial charge on any atom is -0.504 e. The van der Waals surface area contributed by atoms with Crippen molar-refractivity contribution in [1.82, 2.24) is 20.2 Å². The number of hydrogen-bond acceptors (Lipinski definition) is 9. The van der Waals surface area contributed by atoms with E-state index in [0.717, 1.165) is 17.1 Å². The van der Waals surface area contributed by atoms with Crippen molar-refractivity contribution in [1.29, 1.82) is 0 Å². The van der Waals surface area contributed by atoms with Crippen molar-refractivity contribution in [2.24, 2.45) is 5.10 Å². The maximum atomic E-state index is 12.8. The van der Waals surface area contributed by atoms with Crippen LogP contribution < -0.4 is 20.2 Å². The number of phenols is 1. The van der Waals surface area contributed by atoms with Gasteiger partial charge in [0.25, 0.3) is 5.91 Å². The number of rotatable bonds is 12. The summed E-state index contributed by atoms with van der Waals surface area (Å²) in [6.07, 6.45) is 1.36. The third kappa shape index (κ3) is 7.33. The molecule has 0 bridgehead atoms. The van der Waals surface area contributed by atoms with Crippen molar-refractivity contribution in [3.8, 4) is 22.9 Å². The minimum absolute atomic E-state index is 0.0755. The molecule has 1 amide bonds. The average molecular weight is 626 g/mol. The number of methoxy groups -OCH3 is 1. The number of aromatic nitrogens is 3. The first-order chi connectivity index (χ1) is 19.4. The number of nitrogens with one attached hydrogen (secondary N) is 2. The van der Waals surface area contributed by atoms with Crippen LogP contribution in [0.25, 0.3) is 5.69 Å². The Labute approximate surface area is 244 Å². The highest BCUT2D eigenvalue weighted by Gasteiger charge is 2.21. The van der Waals surface area contributed by atoms with E-state index >= 15 is 0 Å². The summed E-state index contributed by atoms with van der Waals surface area (Å²) in [5.74, 6) is 1.38. The van der Waals surface area contributed by atoms with Crippen molar-refractivity contribution in [2.45, 2.75) is 30.8 Å². The fourth-order valence-electron chi connectivity index (χ4n) is 3.66. The number of anilines is 1. The first kappa shape index (κ1) is 29.0. The fourth-order valence-corrected chi connectivity index (χ4v) is 5.00. The van der Waals surface area contributed by atoms with Gasteiger partial charge in [0.2, 0.25) is 0 Å². The molecule has 1 atom stereocenters. The summed E-state index contributed by atoms with van der Waals surface area (Å²) in [6.45, 7) is 4.74. The molecular formula is C28H29BrN6O4S. The molecular weight excluding hydrogens is 596 g/mol. The standard InChI is InChI=1S/C28H29BrN6O4S/c1-4-39-23-12-10-21(11-13-23)30-17-25-32-34-28(35(25)22-8-6-5-7-9-22)40-18(2)27(37)33-31-16-19-14-20(29)15-24(38-3)26(19)36/h5-16,18,30,36H,4,17H2,1-3H3,(H,33,37)/b31-16-/t18-/m0/s1. The Kier molecular flexibility index (Phi) is 10.0. The number of halogens is 1. The van der Waals surface area contributed by atoms with Crippen LogP contribution in [0.5, 0.6) is 17.2 Å². The molecule has 3 aromatic carbocycles. The average Bonchev–Trinajstić information content (AvgIpc) is 3.36. The predicted molar refractivity (Wildman–Crippen MR) is 160 cm³/mol. The zero-order valence-corrected chi connectivity index (χ0v) is 24.6. The number of carbonyl (C=O) groups is 1. The lowest BCUT2D eigenvalue weighted by molar-refractivity contribution is -0.120. The van der Waals surface area contributed by atoms with E-state index in [1.54, 1.807) is 19.1 Å². The topological polar surface area (TPSA) is 123 Å². The van der Waals surface area contributed by atoms with Crippen molar-refractivity contribution < 1.29 is 19.4 Å². The molecule has 1 aromatic heterocycles. The summed E-state index contributed by atoms with van der Waals surface area (Å²) in [7, 11) is 1.46. The van der Waals surface area contributed by atoms with Gasteiger partial charge in [-0.1, -0.05) is 45.9 Å². The van der Waals surface area contributed by atoms with E-state index in [2.05, 4.69) is 42.0 Å². The highest BCUT2D eigenvalue weighted by Crippen LogP contribution is 2.32. The molecule has 4 rings (SSSR count). The van der Waals surface area contributed by atoms with Crippen LogP contribution in [0, 0.1) is 0 Å². The number of thioether (sulfide) groups is 1. The Balaban J connectivity index is 1.46. The summed E-state index contributed by atoms with van der Waals surface area (Å²) in [4.78, 5) is 12.8. The second kappa shape index (κ2) is 13.9. The lowest BCUT2D eigenvalue weighted by Gasteiger charge is -2.13. The summed E-state index contributed by atoms with van der Waals surface area (Å²) in [5.41, 5.74) is 4.71. The molecule has 3 N–H and O–H groups in total. The molecule has 10 nitrogen and oxygen atoms in total. The van der Waals surface area contributed by atoms with Gasteiger partial charge in [-0.05, 0) is 62.4 Å².